The summed E-state index contributed by atoms with van der Waals surface area (Å²) in [7, 11) is 4.01. The lowest BCUT2D eigenvalue weighted by Crippen LogP contribution is -2.37. The predicted octanol–water partition coefficient (Wildman–Crippen LogP) is 3.62. The molecule has 1 fully saturated rings. The van der Waals surface area contributed by atoms with Crippen LogP contribution < -0.4 is 15.5 Å². The number of benzene rings is 2. The Labute approximate surface area is 176 Å². The normalized spacial score (nSPS) is 19.0. The molecule has 1 aromatic heterocycles. The Balaban J connectivity index is 1.34. The van der Waals surface area contributed by atoms with Crippen molar-refractivity contribution in [3.63, 3.8) is 0 Å². The van der Waals surface area contributed by atoms with Gasteiger partial charge in [-0.1, -0.05) is 18.2 Å². The molecule has 30 heavy (non-hydrogen) atoms. The average molecular weight is 408 g/mol. The Morgan fingerprint density at radius 3 is 2.40 bits per heavy atom. The van der Waals surface area contributed by atoms with Gasteiger partial charge in [0.15, 0.2) is 11.5 Å². The lowest BCUT2D eigenvalue weighted by atomic mass is 9.91. The highest BCUT2D eigenvalue weighted by Gasteiger charge is 2.22. The van der Waals surface area contributed by atoms with E-state index < -0.39 is 0 Å². The fourth-order valence-corrected chi connectivity index (χ4v) is 4.03. The van der Waals surface area contributed by atoms with E-state index in [1.165, 1.54) is 6.07 Å². The van der Waals surface area contributed by atoms with Gasteiger partial charge in [0, 0.05) is 38.1 Å². The van der Waals surface area contributed by atoms with Crippen LogP contribution in [0.25, 0.3) is 10.9 Å². The van der Waals surface area contributed by atoms with Gasteiger partial charge in [0.2, 0.25) is 5.95 Å². The fraction of sp³-hybridized carbons (Fsp3) is 0.391. The van der Waals surface area contributed by atoms with E-state index in [0.29, 0.717) is 24.6 Å². The molecule has 4 N–H and O–H groups in total. The number of aromatic hydroxyl groups is 2. The molecule has 0 unspecified atom stereocenters. The maximum Gasteiger partial charge on any atom is 0.225 e. The number of rotatable bonds is 6. The Morgan fingerprint density at radius 2 is 1.67 bits per heavy atom. The third kappa shape index (κ3) is 4.57. The van der Waals surface area contributed by atoms with Crippen LogP contribution in [0.15, 0.2) is 42.5 Å². The van der Waals surface area contributed by atoms with Gasteiger partial charge in [-0.2, -0.15) is 4.98 Å². The molecule has 0 atom stereocenters. The third-order valence-electron chi connectivity index (χ3n) is 5.70. The first-order chi connectivity index (χ1) is 14.5. The van der Waals surface area contributed by atoms with Crippen LogP contribution in [0.2, 0.25) is 0 Å². The van der Waals surface area contributed by atoms with E-state index in [0.717, 1.165) is 48.0 Å². The van der Waals surface area contributed by atoms with E-state index in [1.807, 2.05) is 43.3 Å². The predicted molar refractivity (Wildman–Crippen MR) is 120 cm³/mol. The third-order valence-corrected chi connectivity index (χ3v) is 5.70. The van der Waals surface area contributed by atoms with Gasteiger partial charge < -0.3 is 25.7 Å². The molecule has 7 heteroatoms. The molecule has 0 saturated heterocycles. The zero-order valence-corrected chi connectivity index (χ0v) is 17.5. The number of para-hydroxylation sites is 1. The number of aromatic nitrogens is 2. The lowest BCUT2D eigenvalue weighted by Gasteiger charge is -2.30. The van der Waals surface area contributed by atoms with Crippen LogP contribution in [0.5, 0.6) is 11.5 Å². The van der Waals surface area contributed by atoms with Gasteiger partial charge in [0.05, 0.1) is 5.52 Å². The SMILES string of the molecule is CN(C)c1nc(N[C@H]2CC[C@@H](NCc3ccc(O)c(O)c3)CC2)nc2ccccc12. The molecule has 0 radical (unpaired) electrons. The molecule has 1 aliphatic carbocycles. The molecule has 1 saturated carbocycles. The summed E-state index contributed by atoms with van der Waals surface area (Å²) in [6.07, 6.45) is 4.23. The largest absolute Gasteiger partial charge is 0.504 e. The molecule has 1 aliphatic rings. The van der Waals surface area contributed by atoms with E-state index in [2.05, 4.69) is 16.7 Å². The molecule has 0 aliphatic heterocycles. The topological polar surface area (TPSA) is 93.5 Å². The molecule has 0 spiro atoms. The van der Waals surface area contributed by atoms with Crippen LogP contribution in [0, 0.1) is 0 Å². The van der Waals surface area contributed by atoms with Gasteiger partial charge in [-0.3, -0.25) is 0 Å². The number of fused-ring (bicyclic) bond motifs is 1. The van der Waals surface area contributed by atoms with Crippen molar-refractivity contribution in [1.82, 2.24) is 15.3 Å². The minimum Gasteiger partial charge on any atom is -0.504 e. The van der Waals surface area contributed by atoms with Gasteiger partial charge >= 0.3 is 0 Å². The first kappa shape index (κ1) is 20.2. The summed E-state index contributed by atoms with van der Waals surface area (Å²) in [4.78, 5) is 11.5. The average Bonchev–Trinajstić information content (AvgIpc) is 2.75. The second-order valence-corrected chi connectivity index (χ2v) is 8.18. The molecule has 2 aromatic carbocycles. The van der Waals surface area contributed by atoms with Gasteiger partial charge in [-0.05, 0) is 55.5 Å². The van der Waals surface area contributed by atoms with Crippen molar-refractivity contribution in [2.75, 3.05) is 24.3 Å². The number of nitrogens with zero attached hydrogens (tertiary/aromatic N) is 3. The quantitative estimate of drug-likeness (QED) is 0.464. The zero-order chi connectivity index (χ0) is 21.1. The number of phenolic OH excluding ortho intramolecular Hbond substituents is 2. The number of hydrogen-bond donors (Lipinski definition) is 4. The van der Waals surface area contributed by atoms with Crippen molar-refractivity contribution < 1.29 is 10.2 Å². The van der Waals surface area contributed by atoms with E-state index in [-0.39, 0.29) is 11.5 Å². The minimum atomic E-state index is -0.0846. The minimum absolute atomic E-state index is 0.0744. The van der Waals surface area contributed by atoms with Crippen molar-refractivity contribution in [1.29, 1.82) is 0 Å². The second kappa shape index (κ2) is 8.75. The van der Waals surface area contributed by atoms with Gasteiger partial charge in [0.1, 0.15) is 5.82 Å². The van der Waals surface area contributed by atoms with Gasteiger partial charge in [-0.15, -0.1) is 0 Å². The van der Waals surface area contributed by atoms with E-state index >= 15 is 0 Å². The monoisotopic (exact) mass is 407 g/mol. The highest BCUT2D eigenvalue weighted by atomic mass is 16.3. The summed E-state index contributed by atoms with van der Waals surface area (Å²) in [5, 5.41) is 27.2. The number of phenols is 2. The molecule has 4 rings (SSSR count). The summed E-state index contributed by atoms with van der Waals surface area (Å²) < 4.78 is 0. The van der Waals surface area contributed by atoms with Crippen LogP contribution in [-0.2, 0) is 6.54 Å². The lowest BCUT2D eigenvalue weighted by molar-refractivity contribution is 0.351. The molecule has 7 nitrogen and oxygen atoms in total. The number of anilines is 2. The second-order valence-electron chi connectivity index (χ2n) is 8.18. The van der Waals surface area contributed by atoms with E-state index in [9.17, 15) is 10.2 Å². The van der Waals surface area contributed by atoms with Crippen molar-refractivity contribution in [3.8, 4) is 11.5 Å². The van der Waals surface area contributed by atoms with Crippen molar-refractivity contribution >= 4 is 22.7 Å². The Hall–Kier alpha value is -3.06. The smallest absolute Gasteiger partial charge is 0.225 e. The molecule has 1 heterocycles. The highest BCUT2D eigenvalue weighted by molar-refractivity contribution is 5.90. The first-order valence-corrected chi connectivity index (χ1v) is 10.4. The Kier molecular flexibility index (Phi) is 5.90. The first-order valence-electron chi connectivity index (χ1n) is 10.4. The standard InChI is InChI=1S/C23H29N5O2/c1-28(2)22-18-5-3-4-6-19(18)26-23(27-22)25-17-10-8-16(9-11-17)24-14-15-7-12-20(29)21(30)13-15/h3-7,12-13,16-17,24,29-30H,8-11,14H2,1-2H3,(H,25,26,27)/t16-,17+. The maximum absolute atomic E-state index is 9.63. The number of hydrogen-bond acceptors (Lipinski definition) is 7. The van der Waals surface area contributed by atoms with Crippen LogP contribution in [0.3, 0.4) is 0 Å². The molecule has 3 aromatic rings. The fourth-order valence-electron chi connectivity index (χ4n) is 4.03. The molecular formula is C23H29N5O2. The molecule has 0 amide bonds. The van der Waals surface area contributed by atoms with Gasteiger partial charge in [-0.25, -0.2) is 4.98 Å². The molecule has 0 bridgehead atoms. The summed E-state index contributed by atoms with van der Waals surface area (Å²) >= 11 is 0. The van der Waals surface area contributed by atoms with Crippen LogP contribution in [-0.4, -0.2) is 46.4 Å². The summed E-state index contributed by atoms with van der Waals surface area (Å²) in [6, 6.07) is 13.9. The van der Waals surface area contributed by atoms with E-state index in [1.54, 1.807) is 6.07 Å². The van der Waals surface area contributed by atoms with Crippen molar-refractivity contribution in [2.45, 2.75) is 44.3 Å². The highest BCUT2D eigenvalue weighted by Crippen LogP contribution is 2.27. The van der Waals surface area contributed by atoms with Crippen molar-refractivity contribution in [3.05, 3.63) is 48.0 Å². The van der Waals surface area contributed by atoms with Crippen LogP contribution in [0.4, 0.5) is 11.8 Å². The van der Waals surface area contributed by atoms with Crippen molar-refractivity contribution in [2.24, 2.45) is 0 Å². The van der Waals surface area contributed by atoms with Gasteiger partial charge in [0.25, 0.3) is 0 Å². The summed E-state index contributed by atoms with van der Waals surface area (Å²) in [5.41, 5.74) is 1.91. The Morgan fingerprint density at radius 1 is 0.933 bits per heavy atom. The van der Waals surface area contributed by atoms with Crippen LogP contribution >= 0.6 is 0 Å². The maximum atomic E-state index is 9.63. The molecular weight excluding hydrogens is 378 g/mol. The molecule has 158 valence electrons. The van der Waals surface area contributed by atoms with E-state index in [4.69, 9.17) is 9.97 Å². The van der Waals surface area contributed by atoms with Crippen LogP contribution in [0.1, 0.15) is 31.2 Å². The Bertz CT molecular complexity index is 1020. The zero-order valence-electron chi connectivity index (χ0n) is 17.5. The summed E-state index contributed by atoms with van der Waals surface area (Å²) in [5.74, 6) is 1.46. The number of nitrogens with one attached hydrogen (secondary N) is 2. The summed E-state index contributed by atoms with van der Waals surface area (Å²) in [6.45, 7) is 0.677.